The largest absolute Gasteiger partial charge is 0.454 e. The minimum atomic E-state index is -0.324. The van der Waals surface area contributed by atoms with Crippen LogP contribution in [0.2, 0.25) is 0 Å². The Balaban J connectivity index is 1.49. The smallest absolute Gasteiger partial charge is 0.237 e. The van der Waals surface area contributed by atoms with E-state index in [9.17, 15) is 4.79 Å². The van der Waals surface area contributed by atoms with Gasteiger partial charge in [-0.2, -0.15) is 0 Å². The molecule has 0 aliphatic carbocycles. The monoisotopic (exact) mass is 407 g/mol. The zero-order valence-electron chi connectivity index (χ0n) is 16.9. The number of nitrogens with one attached hydrogen (secondary N) is 3. The lowest BCUT2D eigenvalue weighted by atomic mass is 9.90. The Labute approximate surface area is 174 Å². The maximum absolute atomic E-state index is 12.9. The van der Waals surface area contributed by atoms with E-state index in [-0.39, 0.29) is 24.8 Å². The van der Waals surface area contributed by atoms with Crippen LogP contribution in [0.5, 0.6) is 11.5 Å². The van der Waals surface area contributed by atoms with Crippen LogP contribution < -0.4 is 20.1 Å². The molecule has 7 nitrogen and oxygen atoms in total. The molecule has 7 heteroatoms. The number of H-pyrrole nitrogens is 1. The zero-order chi connectivity index (χ0) is 20.5. The molecule has 0 saturated carbocycles. The number of carbonyl (C=O) groups excluding carboxylic acids is 1. The van der Waals surface area contributed by atoms with E-state index < -0.39 is 0 Å². The van der Waals surface area contributed by atoms with Crippen molar-refractivity contribution in [3.8, 4) is 11.5 Å². The van der Waals surface area contributed by atoms with Crippen molar-refractivity contribution in [2.24, 2.45) is 0 Å². The van der Waals surface area contributed by atoms with E-state index in [1.807, 2.05) is 30.3 Å². The number of ether oxygens (including phenoxy) is 3. The van der Waals surface area contributed by atoms with Gasteiger partial charge in [-0.15, -0.1) is 0 Å². The molecule has 156 valence electrons. The lowest BCUT2D eigenvalue weighted by molar-refractivity contribution is -0.123. The summed E-state index contributed by atoms with van der Waals surface area (Å²) < 4.78 is 16.1. The molecule has 0 unspecified atom stereocenters. The molecule has 2 aliphatic rings. The van der Waals surface area contributed by atoms with E-state index in [1.165, 1.54) is 5.56 Å². The predicted molar refractivity (Wildman–Crippen MR) is 113 cm³/mol. The molecule has 2 atom stereocenters. The van der Waals surface area contributed by atoms with Gasteiger partial charge in [0.15, 0.2) is 11.5 Å². The zero-order valence-corrected chi connectivity index (χ0v) is 16.9. The van der Waals surface area contributed by atoms with Gasteiger partial charge in [-0.25, -0.2) is 0 Å². The number of rotatable bonds is 6. The van der Waals surface area contributed by atoms with Crippen molar-refractivity contribution in [2.45, 2.75) is 24.9 Å². The van der Waals surface area contributed by atoms with Crippen molar-refractivity contribution in [2.75, 3.05) is 27.1 Å². The average Bonchev–Trinajstić information content (AvgIpc) is 3.39. The Hall–Kier alpha value is -3.03. The summed E-state index contributed by atoms with van der Waals surface area (Å²) >= 11 is 0. The van der Waals surface area contributed by atoms with Crippen molar-refractivity contribution in [3.05, 3.63) is 59.3 Å². The molecule has 0 radical (unpaired) electrons. The van der Waals surface area contributed by atoms with Crippen LogP contribution in [-0.4, -0.2) is 44.0 Å². The number of carbonyl (C=O) groups is 1. The van der Waals surface area contributed by atoms with E-state index in [0.717, 1.165) is 40.1 Å². The summed E-state index contributed by atoms with van der Waals surface area (Å²) in [5.74, 6) is 1.49. The highest BCUT2D eigenvalue weighted by molar-refractivity contribution is 5.88. The number of methoxy groups -OCH3 is 1. The lowest BCUT2D eigenvalue weighted by Crippen LogP contribution is -2.50. The third-order valence-electron chi connectivity index (χ3n) is 5.78. The van der Waals surface area contributed by atoms with Crippen LogP contribution in [0.15, 0.2) is 42.5 Å². The van der Waals surface area contributed by atoms with E-state index in [0.29, 0.717) is 19.6 Å². The third kappa shape index (κ3) is 3.40. The highest BCUT2D eigenvalue weighted by atomic mass is 16.7. The number of benzene rings is 2. The van der Waals surface area contributed by atoms with Crippen LogP contribution in [0, 0.1) is 0 Å². The van der Waals surface area contributed by atoms with Crippen LogP contribution >= 0.6 is 0 Å². The van der Waals surface area contributed by atoms with Gasteiger partial charge < -0.3 is 24.5 Å². The summed E-state index contributed by atoms with van der Waals surface area (Å²) in [5, 5.41) is 7.75. The van der Waals surface area contributed by atoms with E-state index in [2.05, 4.69) is 27.8 Å². The second-order valence-electron chi connectivity index (χ2n) is 7.67. The number of aromatic nitrogens is 1. The Kier molecular flexibility index (Phi) is 5.06. The lowest BCUT2D eigenvalue weighted by Gasteiger charge is -2.31. The standard InChI is InChI=1S/C23H25N3O4/c1-28-10-4-9-24-23(27)18-12-16-15-5-2-3-6-17(15)25-22(16)21(26-18)14-7-8-19-20(11-14)30-13-29-19/h2-3,5-8,11,18,21,25-26H,4,9-10,12-13H2,1H3,(H,24,27)/t18-,21-/m0/s1. The van der Waals surface area contributed by atoms with Gasteiger partial charge in [0.25, 0.3) is 0 Å². The fraction of sp³-hybridized carbons (Fsp3) is 0.348. The molecule has 2 aliphatic heterocycles. The van der Waals surface area contributed by atoms with Crippen LogP contribution in [-0.2, 0) is 16.0 Å². The summed E-state index contributed by atoms with van der Waals surface area (Å²) in [6, 6.07) is 13.7. The Morgan fingerprint density at radius 2 is 2.07 bits per heavy atom. The van der Waals surface area contributed by atoms with Crippen LogP contribution in [0.3, 0.4) is 0 Å². The van der Waals surface area contributed by atoms with Crippen molar-refractivity contribution in [3.63, 3.8) is 0 Å². The molecule has 5 rings (SSSR count). The first-order valence-corrected chi connectivity index (χ1v) is 10.3. The molecule has 3 heterocycles. The first-order valence-electron chi connectivity index (χ1n) is 10.3. The highest BCUT2D eigenvalue weighted by Gasteiger charge is 2.34. The summed E-state index contributed by atoms with van der Waals surface area (Å²) in [6.45, 7) is 1.46. The van der Waals surface area contributed by atoms with Crippen LogP contribution in [0.4, 0.5) is 0 Å². The summed E-state index contributed by atoms with van der Waals surface area (Å²) in [4.78, 5) is 16.5. The number of hydrogen-bond donors (Lipinski definition) is 3. The summed E-state index contributed by atoms with van der Waals surface area (Å²) in [7, 11) is 1.67. The Morgan fingerprint density at radius 3 is 2.97 bits per heavy atom. The van der Waals surface area contributed by atoms with Crippen molar-refractivity contribution in [1.29, 1.82) is 0 Å². The fourth-order valence-corrected chi connectivity index (χ4v) is 4.31. The van der Waals surface area contributed by atoms with Crippen LogP contribution in [0.25, 0.3) is 10.9 Å². The molecular weight excluding hydrogens is 382 g/mol. The quantitative estimate of drug-likeness (QED) is 0.547. The van der Waals surface area contributed by atoms with E-state index in [1.54, 1.807) is 7.11 Å². The second kappa shape index (κ2) is 8.01. The van der Waals surface area contributed by atoms with Gasteiger partial charge >= 0.3 is 0 Å². The van der Waals surface area contributed by atoms with Gasteiger partial charge in [0.05, 0.1) is 12.1 Å². The van der Waals surface area contributed by atoms with Crippen molar-refractivity contribution < 1.29 is 19.0 Å². The van der Waals surface area contributed by atoms with E-state index in [4.69, 9.17) is 14.2 Å². The number of para-hydroxylation sites is 1. The number of amides is 1. The van der Waals surface area contributed by atoms with Gasteiger partial charge in [0.1, 0.15) is 0 Å². The molecule has 0 saturated heterocycles. The maximum atomic E-state index is 12.9. The highest BCUT2D eigenvalue weighted by Crippen LogP contribution is 2.39. The fourth-order valence-electron chi connectivity index (χ4n) is 4.31. The molecule has 0 fully saturated rings. The molecule has 2 aromatic carbocycles. The first kappa shape index (κ1) is 19.0. The Morgan fingerprint density at radius 1 is 1.20 bits per heavy atom. The summed E-state index contributed by atoms with van der Waals surface area (Å²) in [5.41, 5.74) is 4.39. The average molecular weight is 407 g/mol. The van der Waals surface area contributed by atoms with Gasteiger partial charge in [-0.1, -0.05) is 24.3 Å². The third-order valence-corrected chi connectivity index (χ3v) is 5.78. The number of aromatic amines is 1. The molecule has 1 amide bonds. The molecular formula is C23H25N3O4. The topological polar surface area (TPSA) is 84.6 Å². The molecule has 0 bridgehead atoms. The Bertz CT molecular complexity index is 1080. The van der Waals surface area contributed by atoms with Crippen molar-refractivity contribution in [1.82, 2.24) is 15.6 Å². The number of fused-ring (bicyclic) bond motifs is 4. The molecule has 3 N–H and O–H groups in total. The van der Waals surface area contributed by atoms with Gasteiger partial charge in [0.2, 0.25) is 12.7 Å². The van der Waals surface area contributed by atoms with Gasteiger partial charge in [-0.3, -0.25) is 10.1 Å². The van der Waals surface area contributed by atoms with Crippen LogP contribution in [0.1, 0.15) is 29.3 Å². The van der Waals surface area contributed by atoms with E-state index >= 15 is 0 Å². The molecule has 1 aromatic heterocycles. The SMILES string of the molecule is COCCCNC(=O)[C@@H]1Cc2c([nH]c3ccccc23)[C@H](c2ccc3c(c2)OCO3)N1. The summed E-state index contributed by atoms with van der Waals surface area (Å²) in [6.07, 6.45) is 1.43. The molecule has 30 heavy (non-hydrogen) atoms. The minimum Gasteiger partial charge on any atom is -0.454 e. The number of hydrogen-bond acceptors (Lipinski definition) is 5. The maximum Gasteiger partial charge on any atom is 0.237 e. The van der Waals surface area contributed by atoms with Gasteiger partial charge in [0, 0.05) is 36.9 Å². The molecule has 0 spiro atoms. The minimum absolute atomic E-state index is 0.00720. The second-order valence-corrected chi connectivity index (χ2v) is 7.67. The predicted octanol–water partition coefficient (Wildman–Crippen LogP) is 2.65. The van der Waals surface area contributed by atoms with Gasteiger partial charge in [-0.05, 0) is 42.2 Å². The molecule has 3 aromatic rings. The van der Waals surface area contributed by atoms with Crippen molar-refractivity contribution >= 4 is 16.8 Å². The first-order chi connectivity index (χ1) is 14.7. The normalized spacial score (nSPS) is 19.6.